The quantitative estimate of drug-likeness (QED) is 0.178. The summed E-state index contributed by atoms with van der Waals surface area (Å²) in [6.45, 7) is 0. The van der Waals surface area contributed by atoms with Crippen molar-refractivity contribution in [2.75, 3.05) is 0 Å². The Morgan fingerprint density at radius 3 is 1.97 bits per heavy atom. The summed E-state index contributed by atoms with van der Waals surface area (Å²) < 4.78 is 104. The zero-order valence-corrected chi connectivity index (χ0v) is 17.4. The van der Waals surface area contributed by atoms with Crippen molar-refractivity contribution in [2.45, 2.75) is 22.2 Å². The molecule has 14 heteroatoms. The summed E-state index contributed by atoms with van der Waals surface area (Å²) in [5.41, 5.74) is -0.956. The molecule has 4 nitrogen and oxygen atoms in total. The molecule has 0 bridgehead atoms. The number of halogens is 9. The van der Waals surface area contributed by atoms with Gasteiger partial charge in [-0.15, -0.1) is 8.78 Å². The minimum absolute atomic E-state index is 0.110. The molecule has 2 aromatic rings. The second-order valence-electron chi connectivity index (χ2n) is 5.33. The molecule has 0 aliphatic carbocycles. The molecule has 0 saturated heterocycles. The Balaban J connectivity index is 2.68. The number of nitro groups is 1. The number of non-ortho nitro benzene ring substituents is 1. The van der Waals surface area contributed by atoms with Crippen molar-refractivity contribution in [3.05, 3.63) is 55.5 Å². The van der Waals surface area contributed by atoms with Gasteiger partial charge in [0.15, 0.2) is 4.90 Å². The van der Waals surface area contributed by atoms with Gasteiger partial charge in [0.05, 0.1) is 21.7 Å². The summed E-state index contributed by atoms with van der Waals surface area (Å²) in [4.78, 5) is 8.88. The Morgan fingerprint density at radius 1 is 1.00 bits per heavy atom. The highest BCUT2D eigenvalue weighted by molar-refractivity contribution is 9.11. The number of nitro benzene ring substituents is 1. The number of hydrogen-bond acceptors (Lipinski definition) is 3. The summed E-state index contributed by atoms with van der Waals surface area (Å²) in [5.74, 6) is -6.59. The minimum Gasteiger partial charge on any atom is -0.606 e. The van der Waals surface area contributed by atoms with Crippen LogP contribution in [0.3, 0.4) is 0 Å². The molecule has 29 heavy (non-hydrogen) atoms. The maximum Gasteiger partial charge on any atom is 0.486 e. The first-order valence-electron chi connectivity index (χ1n) is 7.01. The van der Waals surface area contributed by atoms with Crippen LogP contribution < -0.4 is 0 Å². The van der Waals surface area contributed by atoms with E-state index >= 15 is 0 Å². The van der Waals surface area contributed by atoms with Crippen molar-refractivity contribution in [1.29, 1.82) is 0 Å². The van der Waals surface area contributed by atoms with Gasteiger partial charge >= 0.3 is 17.4 Å². The first kappa shape index (κ1) is 23.9. The second-order valence-corrected chi connectivity index (χ2v) is 8.47. The van der Waals surface area contributed by atoms with Gasteiger partial charge < -0.3 is 4.55 Å². The van der Waals surface area contributed by atoms with Gasteiger partial charge in [0.1, 0.15) is 0 Å². The average Bonchev–Trinajstić information content (AvgIpc) is 2.59. The Bertz CT molecular complexity index is 939. The zero-order chi connectivity index (χ0) is 22.4. The van der Waals surface area contributed by atoms with Crippen LogP contribution in [-0.2, 0) is 11.2 Å². The second kappa shape index (κ2) is 8.04. The van der Waals surface area contributed by atoms with Gasteiger partial charge in [0, 0.05) is 33.2 Å². The third-order valence-corrected chi connectivity index (χ3v) is 5.94. The fourth-order valence-corrected chi connectivity index (χ4v) is 4.97. The van der Waals surface area contributed by atoms with Gasteiger partial charge in [0.25, 0.3) is 5.69 Å². The summed E-state index contributed by atoms with van der Waals surface area (Å²) in [7, 11) is 0. The molecule has 2 rings (SSSR count). The summed E-state index contributed by atoms with van der Waals surface area (Å²) in [6.07, 6.45) is -6.66. The molecule has 1 atom stereocenters. The van der Waals surface area contributed by atoms with Gasteiger partial charge in [0.2, 0.25) is 0 Å². The van der Waals surface area contributed by atoms with Crippen LogP contribution in [0.4, 0.5) is 36.4 Å². The number of hydrogen-bond donors (Lipinski definition) is 0. The molecule has 1 unspecified atom stereocenters. The van der Waals surface area contributed by atoms with E-state index in [9.17, 15) is 45.4 Å². The molecule has 0 N–H and O–H groups in total. The van der Waals surface area contributed by atoms with E-state index in [4.69, 9.17) is 0 Å². The van der Waals surface area contributed by atoms with E-state index in [1.54, 1.807) is 0 Å². The Hall–Kier alpha value is -1.38. The third kappa shape index (κ3) is 4.39. The van der Waals surface area contributed by atoms with Gasteiger partial charge in [-0.25, -0.2) is 0 Å². The molecule has 0 spiro atoms. The first-order valence-corrected chi connectivity index (χ1v) is 9.75. The largest absolute Gasteiger partial charge is 0.606 e. The molecule has 0 aliphatic rings. The Morgan fingerprint density at radius 2 is 1.52 bits per heavy atom. The van der Waals surface area contributed by atoms with E-state index in [0.29, 0.717) is 6.07 Å². The Kier molecular flexibility index (Phi) is 6.62. The molecule has 0 aliphatic heterocycles. The number of benzene rings is 2. The lowest BCUT2D eigenvalue weighted by molar-refractivity contribution is -0.384. The van der Waals surface area contributed by atoms with Crippen molar-refractivity contribution >= 4 is 48.7 Å². The van der Waals surface area contributed by atoms with E-state index in [1.807, 2.05) is 0 Å². The monoisotopic (exact) mass is 570 g/mol. The average molecular weight is 572 g/mol. The van der Waals surface area contributed by atoms with Gasteiger partial charge in [-0.2, -0.15) is 22.0 Å². The van der Waals surface area contributed by atoms with Gasteiger partial charge in [-0.1, -0.05) is 0 Å². The molecule has 1 radical (unpaired) electrons. The van der Waals surface area contributed by atoms with Crippen molar-refractivity contribution in [3.63, 3.8) is 0 Å². The number of nitrogens with zero attached hydrogens (tertiary/aromatic N) is 1. The SMILES string of the molecule is O=[N+]([O-])c1ccc(-c2c(Br)[c]c(Br)cc2[S+]([O-])C(F)(F)C(F)(F)C(F)(F)F)cc1. The van der Waals surface area contributed by atoms with Crippen molar-refractivity contribution in [2.24, 2.45) is 0 Å². The summed E-state index contributed by atoms with van der Waals surface area (Å²) in [5, 5.41) is 4.70. The van der Waals surface area contributed by atoms with Crippen molar-refractivity contribution < 1.29 is 40.2 Å². The smallest absolute Gasteiger partial charge is 0.486 e. The molecule has 0 amide bonds. The molecule has 2 aromatic carbocycles. The number of alkyl halides is 7. The molecule has 0 aromatic heterocycles. The minimum atomic E-state index is -6.66. The van der Waals surface area contributed by atoms with Crippen LogP contribution in [0.1, 0.15) is 0 Å². The van der Waals surface area contributed by atoms with Crippen LogP contribution in [0.2, 0.25) is 0 Å². The van der Waals surface area contributed by atoms with Crippen molar-refractivity contribution in [1.82, 2.24) is 0 Å². The van der Waals surface area contributed by atoms with E-state index in [2.05, 4.69) is 37.9 Å². The van der Waals surface area contributed by atoms with Gasteiger partial charge in [-0.05, 0) is 49.6 Å². The lowest BCUT2D eigenvalue weighted by atomic mass is 10.1. The first-order chi connectivity index (χ1) is 13.1. The maximum atomic E-state index is 14.0. The molecule has 157 valence electrons. The molecule has 0 saturated carbocycles. The standard InChI is InChI=1S/C15H5Br2F7NO3S/c16-8-5-10(17)12(7-1-3-9(4-2-7)25(26)27)11(6-8)29(28)15(23,24)13(18,19)14(20,21)22/h1-4,6H. The van der Waals surface area contributed by atoms with Crippen LogP contribution in [0.15, 0.2) is 44.2 Å². The highest BCUT2D eigenvalue weighted by Gasteiger charge is 2.80. The van der Waals surface area contributed by atoms with Crippen LogP contribution in [0, 0.1) is 16.2 Å². The highest BCUT2D eigenvalue weighted by atomic mass is 79.9. The fraction of sp³-hybridized carbons (Fsp3) is 0.200. The molecular formula is C15H5Br2F7NO3S. The van der Waals surface area contributed by atoms with Crippen LogP contribution >= 0.6 is 31.9 Å². The molecule has 0 heterocycles. The molecular weight excluding hydrogens is 567 g/mol. The van der Waals surface area contributed by atoms with Crippen LogP contribution in [0.5, 0.6) is 0 Å². The zero-order valence-electron chi connectivity index (χ0n) is 13.4. The Labute approximate surface area is 177 Å². The topological polar surface area (TPSA) is 66.2 Å². The van der Waals surface area contributed by atoms with E-state index in [-0.39, 0.29) is 14.5 Å². The van der Waals surface area contributed by atoms with Crippen LogP contribution in [-0.4, -0.2) is 26.8 Å². The predicted molar refractivity (Wildman–Crippen MR) is 95.1 cm³/mol. The maximum absolute atomic E-state index is 14.0. The lowest BCUT2D eigenvalue weighted by Gasteiger charge is -2.29. The lowest BCUT2D eigenvalue weighted by Crippen LogP contribution is -2.56. The van der Waals surface area contributed by atoms with Crippen LogP contribution in [0.25, 0.3) is 11.1 Å². The normalized spacial score (nSPS) is 14.0. The summed E-state index contributed by atoms with van der Waals surface area (Å²) >= 11 is 1.54. The van der Waals surface area contributed by atoms with Crippen molar-refractivity contribution in [3.8, 4) is 11.1 Å². The van der Waals surface area contributed by atoms with E-state index in [1.165, 1.54) is 0 Å². The number of rotatable bonds is 5. The predicted octanol–water partition coefficient (Wildman–Crippen LogP) is 6.48. The fourth-order valence-electron chi connectivity index (χ4n) is 2.08. The molecule has 0 fully saturated rings. The summed E-state index contributed by atoms with van der Waals surface area (Å²) in [6, 6.07) is 7.10. The van der Waals surface area contributed by atoms with E-state index < -0.39 is 49.6 Å². The van der Waals surface area contributed by atoms with Gasteiger partial charge in [-0.3, -0.25) is 10.1 Å². The third-order valence-electron chi connectivity index (χ3n) is 3.47. The highest BCUT2D eigenvalue weighted by Crippen LogP contribution is 2.52. The van der Waals surface area contributed by atoms with E-state index in [0.717, 1.165) is 24.3 Å².